The number of esters is 2. The lowest BCUT2D eigenvalue weighted by Gasteiger charge is -2.51. The Morgan fingerprint density at radius 1 is 1.11 bits per heavy atom. The van der Waals surface area contributed by atoms with E-state index in [1.54, 1.807) is 6.92 Å². The summed E-state index contributed by atoms with van der Waals surface area (Å²) >= 11 is 0. The van der Waals surface area contributed by atoms with Crippen LogP contribution in [0, 0.1) is 17.3 Å². The van der Waals surface area contributed by atoms with Gasteiger partial charge in [-0.15, -0.1) is 0 Å². The number of aliphatic hydroxyl groups excluding tert-OH is 1. The van der Waals surface area contributed by atoms with Crippen molar-refractivity contribution in [3.8, 4) is 0 Å². The summed E-state index contributed by atoms with van der Waals surface area (Å²) in [7, 11) is 2.56. The second-order valence-corrected chi connectivity index (χ2v) is 8.77. The number of methoxy groups -OCH3 is 2. The maximum atomic E-state index is 12.5. The molecule has 156 valence electrons. The van der Waals surface area contributed by atoms with Crippen LogP contribution in [0.5, 0.6) is 0 Å². The molecule has 0 aromatic heterocycles. The highest BCUT2D eigenvalue weighted by molar-refractivity contribution is 5.99. The van der Waals surface area contributed by atoms with Crippen LogP contribution in [0.25, 0.3) is 0 Å². The minimum atomic E-state index is -0.783. The van der Waals surface area contributed by atoms with Gasteiger partial charge in [0.15, 0.2) is 5.79 Å². The summed E-state index contributed by atoms with van der Waals surface area (Å²) in [4.78, 5) is 24.9. The molecule has 1 heterocycles. The number of hydrogen-bond acceptors (Lipinski definition) is 7. The number of fused-ring (bicyclic) bond motifs is 3. The Bertz CT molecular complexity index is 721. The lowest BCUT2D eigenvalue weighted by Crippen LogP contribution is -2.55. The summed E-state index contributed by atoms with van der Waals surface area (Å²) in [6.07, 6.45) is 2.12. The number of allylic oxidation sites excluding steroid dienone is 1. The highest BCUT2D eigenvalue weighted by Crippen LogP contribution is 2.50. The van der Waals surface area contributed by atoms with Gasteiger partial charge >= 0.3 is 11.9 Å². The van der Waals surface area contributed by atoms with E-state index in [0.29, 0.717) is 50.0 Å². The second kappa shape index (κ2) is 7.52. The van der Waals surface area contributed by atoms with Crippen molar-refractivity contribution in [3.63, 3.8) is 0 Å². The summed E-state index contributed by atoms with van der Waals surface area (Å²) < 4.78 is 22.3. The molecule has 0 aromatic carbocycles. The molecule has 2 fully saturated rings. The molecule has 3 aliphatic rings. The average molecular weight is 394 g/mol. The number of carbonyl (C=O) groups is 2. The van der Waals surface area contributed by atoms with E-state index in [1.807, 2.05) is 0 Å². The molecule has 1 saturated carbocycles. The van der Waals surface area contributed by atoms with Crippen LogP contribution in [-0.4, -0.2) is 50.3 Å². The van der Waals surface area contributed by atoms with Crippen LogP contribution in [0.4, 0.5) is 0 Å². The molecule has 0 radical (unpaired) electrons. The Hall–Kier alpha value is -1.86. The zero-order chi connectivity index (χ0) is 20.7. The standard InChI is InChI=1S/C21H30O7/c1-12-15(18(23)25-4)9-14-8-13(17(22)16(12)19(24)26-5)6-7-21(14)27-10-20(2,3)11-28-21/h13-14,22H,6-11H2,1-5H3/b15-12+,17-16-. The van der Waals surface area contributed by atoms with Crippen LogP contribution in [0.3, 0.4) is 0 Å². The number of hydrogen-bond donors (Lipinski definition) is 1. The van der Waals surface area contributed by atoms with Gasteiger partial charge in [-0.1, -0.05) is 13.8 Å². The summed E-state index contributed by atoms with van der Waals surface area (Å²) in [5.74, 6) is -2.33. The molecule has 0 aromatic rings. The minimum Gasteiger partial charge on any atom is -0.511 e. The Morgan fingerprint density at radius 2 is 1.71 bits per heavy atom. The maximum absolute atomic E-state index is 12.5. The first-order chi connectivity index (χ1) is 13.1. The third-order valence-corrected chi connectivity index (χ3v) is 6.19. The molecule has 1 N–H and O–H groups in total. The fourth-order valence-electron chi connectivity index (χ4n) is 4.47. The van der Waals surface area contributed by atoms with Crippen molar-refractivity contribution in [2.24, 2.45) is 17.3 Å². The molecule has 3 rings (SSSR count). The average Bonchev–Trinajstić information content (AvgIpc) is 2.67. The predicted octanol–water partition coefficient (Wildman–Crippen LogP) is 3.05. The van der Waals surface area contributed by atoms with E-state index in [-0.39, 0.29) is 28.6 Å². The van der Waals surface area contributed by atoms with Crippen LogP contribution in [-0.2, 0) is 28.5 Å². The van der Waals surface area contributed by atoms with E-state index < -0.39 is 17.7 Å². The summed E-state index contributed by atoms with van der Waals surface area (Å²) in [5.41, 5.74) is 0.727. The van der Waals surface area contributed by atoms with Crippen molar-refractivity contribution >= 4 is 11.9 Å². The largest absolute Gasteiger partial charge is 0.511 e. The zero-order valence-electron chi connectivity index (χ0n) is 17.3. The Balaban J connectivity index is 2.05. The highest BCUT2D eigenvalue weighted by Gasteiger charge is 2.52. The third kappa shape index (κ3) is 3.57. The molecule has 28 heavy (non-hydrogen) atoms. The van der Waals surface area contributed by atoms with Crippen molar-refractivity contribution in [1.82, 2.24) is 0 Å². The van der Waals surface area contributed by atoms with Gasteiger partial charge in [-0.3, -0.25) is 0 Å². The van der Waals surface area contributed by atoms with Crippen LogP contribution < -0.4 is 0 Å². The fourth-order valence-corrected chi connectivity index (χ4v) is 4.47. The monoisotopic (exact) mass is 394 g/mol. The van der Waals surface area contributed by atoms with Gasteiger partial charge in [-0.2, -0.15) is 0 Å². The molecular formula is C21H30O7. The number of carbonyl (C=O) groups excluding carboxylic acids is 2. The molecule has 2 bridgehead atoms. The number of rotatable bonds is 2. The zero-order valence-corrected chi connectivity index (χ0v) is 17.3. The molecule has 1 spiro atoms. The molecule has 1 aliphatic heterocycles. The first-order valence-electron chi connectivity index (χ1n) is 9.72. The highest BCUT2D eigenvalue weighted by atomic mass is 16.7. The van der Waals surface area contributed by atoms with Crippen LogP contribution in [0.15, 0.2) is 22.5 Å². The molecule has 1 saturated heterocycles. The van der Waals surface area contributed by atoms with Gasteiger partial charge in [-0.25, -0.2) is 9.59 Å². The van der Waals surface area contributed by atoms with E-state index in [4.69, 9.17) is 18.9 Å². The van der Waals surface area contributed by atoms with Gasteiger partial charge in [-0.05, 0) is 31.8 Å². The van der Waals surface area contributed by atoms with Gasteiger partial charge in [0.2, 0.25) is 0 Å². The van der Waals surface area contributed by atoms with Crippen molar-refractivity contribution < 1.29 is 33.6 Å². The normalized spacial score (nSPS) is 34.3. The third-order valence-electron chi connectivity index (χ3n) is 6.19. The van der Waals surface area contributed by atoms with Gasteiger partial charge < -0.3 is 24.1 Å². The van der Waals surface area contributed by atoms with Crippen LogP contribution in [0.2, 0.25) is 0 Å². The SMILES string of the molecule is COC(=O)C1=C(\O)C2CCC3(OCC(C)(C)CO3)C(C/C(C(=O)OC)=C\1C)C2. The second-order valence-electron chi connectivity index (χ2n) is 8.77. The van der Waals surface area contributed by atoms with Crippen LogP contribution >= 0.6 is 0 Å². The maximum Gasteiger partial charge on any atom is 0.341 e. The first-order valence-corrected chi connectivity index (χ1v) is 9.72. The quantitative estimate of drug-likeness (QED) is 0.720. The fraction of sp³-hybridized carbons (Fsp3) is 0.714. The molecule has 7 nitrogen and oxygen atoms in total. The summed E-state index contributed by atoms with van der Waals surface area (Å²) in [5, 5.41) is 10.9. The molecule has 2 atom stereocenters. The lowest BCUT2D eigenvalue weighted by atomic mass is 9.70. The molecule has 0 amide bonds. The predicted molar refractivity (Wildman–Crippen MR) is 100 cm³/mol. The number of ether oxygens (including phenoxy) is 4. The lowest BCUT2D eigenvalue weighted by molar-refractivity contribution is -0.334. The molecule has 2 unspecified atom stereocenters. The summed E-state index contributed by atoms with van der Waals surface area (Å²) in [6, 6.07) is 0. The van der Waals surface area contributed by atoms with Gasteiger partial charge in [0.25, 0.3) is 0 Å². The van der Waals surface area contributed by atoms with E-state index in [9.17, 15) is 14.7 Å². The molecule has 2 aliphatic carbocycles. The van der Waals surface area contributed by atoms with Gasteiger partial charge in [0.1, 0.15) is 11.3 Å². The van der Waals surface area contributed by atoms with E-state index in [0.717, 1.165) is 0 Å². The van der Waals surface area contributed by atoms with Crippen LogP contribution in [0.1, 0.15) is 46.5 Å². The Kier molecular flexibility index (Phi) is 5.60. The van der Waals surface area contributed by atoms with Gasteiger partial charge in [0, 0.05) is 29.2 Å². The first kappa shape index (κ1) is 20.9. The van der Waals surface area contributed by atoms with Crippen molar-refractivity contribution in [1.29, 1.82) is 0 Å². The van der Waals surface area contributed by atoms with Crippen molar-refractivity contribution in [2.75, 3.05) is 27.4 Å². The summed E-state index contributed by atoms with van der Waals surface area (Å²) in [6.45, 7) is 6.96. The molecule has 7 heteroatoms. The van der Waals surface area contributed by atoms with E-state index in [1.165, 1.54) is 14.2 Å². The Labute approximate surface area is 165 Å². The van der Waals surface area contributed by atoms with Gasteiger partial charge in [0.05, 0.1) is 27.4 Å². The topological polar surface area (TPSA) is 91.3 Å². The number of aliphatic hydroxyl groups is 1. The smallest absolute Gasteiger partial charge is 0.341 e. The van der Waals surface area contributed by atoms with Crippen molar-refractivity contribution in [2.45, 2.75) is 52.2 Å². The minimum absolute atomic E-state index is 0.0264. The van der Waals surface area contributed by atoms with Crippen molar-refractivity contribution in [3.05, 3.63) is 22.5 Å². The van der Waals surface area contributed by atoms with E-state index >= 15 is 0 Å². The molecular weight excluding hydrogens is 364 g/mol. The van der Waals surface area contributed by atoms with E-state index in [2.05, 4.69) is 13.8 Å². The Morgan fingerprint density at radius 3 is 2.29 bits per heavy atom.